The molecule has 1 N–H and O–H groups in total. The van der Waals surface area contributed by atoms with Gasteiger partial charge in [-0.2, -0.15) is 5.10 Å². The highest BCUT2D eigenvalue weighted by atomic mass is 16.2. The standard InChI is InChI=1S/C20H25N5O2/c26-19(25-11-3-4-16(14-25)17-6-10-22-23-17)15-7-12-24(13-8-15)20(27)18-5-1-2-9-21-18/h1-2,5-6,9-10,15-16H,3-4,7-8,11-14H2,(H,22,23). The van der Waals surface area contributed by atoms with Gasteiger partial charge in [0.1, 0.15) is 5.69 Å². The number of rotatable bonds is 3. The van der Waals surface area contributed by atoms with E-state index in [-0.39, 0.29) is 17.7 Å². The summed E-state index contributed by atoms with van der Waals surface area (Å²) in [5.74, 6) is 0.553. The second-order valence-corrected chi connectivity index (χ2v) is 7.42. The van der Waals surface area contributed by atoms with Crippen LogP contribution in [-0.4, -0.2) is 63.0 Å². The SMILES string of the molecule is O=C(c1ccccn1)N1CCC(C(=O)N2CCCC(c3ccn[nH]3)C2)CC1. The number of hydrogen-bond donors (Lipinski definition) is 1. The second-order valence-electron chi connectivity index (χ2n) is 7.42. The number of amides is 2. The maximum absolute atomic E-state index is 13.0. The molecule has 4 rings (SSSR count). The Morgan fingerprint density at radius 3 is 2.56 bits per heavy atom. The van der Waals surface area contributed by atoms with E-state index < -0.39 is 0 Å². The summed E-state index contributed by atoms with van der Waals surface area (Å²) >= 11 is 0. The minimum Gasteiger partial charge on any atom is -0.342 e. The van der Waals surface area contributed by atoms with Crippen LogP contribution < -0.4 is 0 Å². The third kappa shape index (κ3) is 3.86. The first-order valence-corrected chi connectivity index (χ1v) is 9.71. The number of nitrogens with zero attached hydrogens (tertiary/aromatic N) is 4. The fourth-order valence-corrected chi connectivity index (χ4v) is 4.16. The van der Waals surface area contributed by atoms with Gasteiger partial charge in [-0.25, -0.2) is 0 Å². The Morgan fingerprint density at radius 2 is 1.85 bits per heavy atom. The van der Waals surface area contributed by atoms with Crippen molar-refractivity contribution < 1.29 is 9.59 Å². The Balaban J connectivity index is 1.32. The van der Waals surface area contributed by atoms with E-state index in [1.54, 1.807) is 24.5 Å². The van der Waals surface area contributed by atoms with Crippen molar-refractivity contribution in [1.82, 2.24) is 25.0 Å². The van der Waals surface area contributed by atoms with Crippen LogP contribution in [0.2, 0.25) is 0 Å². The van der Waals surface area contributed by atoms with Crippen molar-refractivity contribution in [2.45, 2.75) is 31.6 Å². The molecule has 2 aliphatic heterocycles. The average molecular weight is 367 g/mol. The summed E-state index contributed by atoms with van der Waals surface area (Å²) in [5.41, 5.74) is 1.59. The Bertz CT molecular complexity index is 769. The van der Waals surface area contributed by atoms with Crippen molar-refractivity contribution in [3.8, 4) is 0 Å². The zero-order valence-corrected chi connectivity index (χ0v) is 15.4. The van der Waals surface area contributed by atoms with Gasteiger partial charge >= 0.3 is 0 Å². The van der Waals surface area contributed by atoms with Crippen LogP contribution in [0.25, 0.3) is 0 Å². The molecule has 1 unspecified atom stereocenters. The van der Waals surface area contributed by atoms with Crippen LogP contribution in [0.4, 0.5) is 0 Å². The maximum atomic E-state index is 13.0. The van der Waals surface area contributed by atoms with Gasteiger partial charge in [0, 0.05) is 56.1 Å². The van der Waals surface area contributed by atoms with Crippen LogP contribution in [0.3, 0.4) is 0 Å². The Labute approximate surface area is 158 Å². The van der Waals surface area contributed by atoms with Gasteiger partial charge in [0.05, 0.1) is 0 Å². The fourth-order valence-electron chi connectivity index (χ4n) is 4.16. The van der Waals surface area contributed by atoms with Gasteiger partial charge in [-0.1, -0.05) is 6.07 Å². The molecule has 0 saturated carbocycles. The minimum absolute atomic E-state index is 0.0123. The number of aromatic nitrogens is 3. The van der Waals surface area contributed by atoms with Crippen LogP contribution >= 0.6 is 0 Å². The van der Waals surface area contributed by atoms with Crippen LogP contribution in [0.1, 0.15) is 47.8 Å². The molecule has 1 atom stereocenters. The molecular weight excluding hydrogens is 342 g/mol. The molecule has 2 aromatic heterocycles. The van der Waals surface area contributed by atoms with Gasteiger partial charge in [-0.05, 0) is 43.9 Å². The van der Waals surface area contributed by atoms with E-state index in [9.17, 15) is 9.59 Å². The maximum Gasteiger partial charge on any atom is 0.272 e. The molecule has 27 heavy (non-hydrogen) atoms. The molecule has 0 aliphatic carbocycles. The molecule has 4 heterocycles. The molecule has 0 aromatic carbocycles. The molecule has 0 radical (unpaired) electrons. The second kappa shape index (κ2) is 7.90. The molecule has 2 amide bonds. The van der Waals surface area contributed by atoms with Gasteiger partial charge in [-0.15, -0.1) is 0 Å². The highest BCUT2D eigenvalue weighted by molar-refractivity contribution is 5.92. The molecule has 2 saturated heterocycles. The molecular formula is C20H25N5O2. The summed E-state index contributed by atoms with van der Waals surface area (Å²) < 4.78 is 0. The molecule has 0 spiro atoms. The first-order chi connectivity index (χ1) is 13.2. The number of carbonyl (C=O) groups excluding carboxylic acids is 2. The molecule has 2 aliphatic rings. The predicted octanol–water partition coefficient (Wildman–Crippen LogP) is 2.06. The van der Waals surface area contributed by atoms with Crippen molar-refractivity contribution >= 4 is 11.8 Å². The number of carbonyl (C=O) groups is 2. The lowest BCUT2D eigenvalue weighted by Crippen LogP contribution is -2.47. The Morgan fingerprint density at radius 1 is 1.00 bits per heavy atom. The fraction of sp³-hybridized carbons (Fsp3) is 0.500. The number of piperidine rings is 2. The number of aromatic amines is 1. The van der Waals surface area contributed by atoms with E-state index in [1.807, 2.05) is 21.9 Å². The van der Waals surface area contributed by atoms with Crippen LogP contribution in [-0.2, 0) is 4.79 Å². The molecule has 2 fully saturated rings. The number of nitrogens with one attached hydrogen (secondary N) is 1. The molecule has 7 heteroatoms. The number of pyridine rings is 1. The van der Waals surface area contributed by atoms with Crippen LogP contribution in [0.5, 0.6) is 0 Å². The van der Waals surface area contributed by atoms with Crippen LogP contribution in [0.15, 0.2) is 36.7 Å². The van der Waals surface area contributed by atoms with E-state index in [0.29, 0.717) is 24.7 Å². The number of H-pyrrole nitrogens is 1. The van der Waals surface area contributed by atoms with Crippen molar-refractivity contribution in [1.29, 1.82) is 0 Å². The average Bonchev–Trinajstić information content (AvgIpc) is 3.29. The van der Waals surface area contributed by atoms with E-state index in [2.05, 4.69) is 15.2 Å². The van der Waals surface area contributed by atoms with Crippen molar-refractivity contribution in [2.75, 3.05) is 26.2 Å². The van der Waals surface area contributed by atoms with Crippen molar-refractivity contribution in [2.24, 2.45) is 5.92 Å². The summed E-state index contributed by atoms with van der Waals surface area (Å²) in [5, 5.41) is 7.08. The summed E-state index contributed by atoms with van der Waals surface area (Å²) in [6.45, 7) is 2.82. The predicted molar refractivity (Wildman–Crippen MR) is 100 cm³/mol. The zero-order chi connectivity index (χ0) is 18.6. The summed E-state index contributed by atoms with van der Waals surface area (Å²) in [7, 11) is 0. The summed E-state index contributed by atoms with van der Waals surface area (Å²) in [6, 6.07) is 7.36. The lowest BCUT2D eigenvalue weighted by atomic mass is 9.91. The Kier molecular flexibility index (Phi) is 5.18. The molecule has 2 aromatic rings. The quantitative estimate of drug-likeness (QED) is 0.900. The summed E-state index contributed by atoms with van der Waals surface area (Å²) in [4.78, 5) is 33.5. The minimum atomic E-state index is -0.0428. The van der Waals surface area contributed by atoms with Gasteiger partial charge in [0.2, 0.25) is 5.91 Å². The van der Waals surface area contributed by atoms with Gasteiger partial charge in [-0.3, -0.25) is 19.7 Å². The van der Waals surface area contributed by atoms with Crippen molar-refractivity contribution in [3.63, 3.8) is 0 Å². The number of likely N-dealkylation sites (tertiary alicyclic amines) is 2. The molecule has 142 valence electrons. The first-order valence-electron chi connectivity index (χ1n) is 9.71. The smallest absolute Gasteiger partial charge is 0.272 e. The normalized spacial score (nSPS) is 21.3. The van der Waals surface area contributed by atoms with Gasteiger partial charge in [0.25, 0.3) is 5.91 Å². The Hall–Kier alpha value is -2.70. The zero-order valence-electron chi connectivity index (χ0n) is 15.4. The highest BCUT2D eigenvalue weighted by Crippen LogP contribution is 2.28. The number of hydrogen-bond acceptors (Lipinski definition) is 4. The largest absolute Gasteiger partial charge is 0.342 e. The molecule has 0 bridgehead atoms. The highest BCUT2D eigenvalue weighted by Gasteiger charge is 2.33. The van der Waals surface area contributed by atoms with Crippen molar-refractivity contribution in [3.05, 3.63) is 48.0 Å². The lowest BCUT2D eigenvalue weighted by Gasteiger charge is -2.37. The van der Waals surface area contributed by atoms with E-state index in [1.165, 1.54) is 0 Å². The van der Waals surface area contributed by atoms with E-state index in [4.69, 9.17) is 0 Å². The topological polar surface area (TPSA) is 82.2 Å². The summed E-state index contributed by atoms with van der Waals surface area (Å²) in [6.07, 6.45) is 6.96. The lowest BCUT2D eigenvalue weighted by molar-refractivity contribution is -0.138. The first kappa shape index (κ1) is 17.7. The van der Waals surface area contributed by atoms with Gasteiger partial charge in [0.15, 0.2) is 0 Å². The third-order valence-electron chi connectivity index (χ3n) is 5.71. The monoisotopic (exact) mass is 367 g/mol. The van der Waals surface area contributed by atoms with E-state index in [0.717, 1.165) is 44.5 Å². The van der Waals surface area contributed by atoms with E-state index >= 15 is 0 Å². The molecule has 7 nitrogen and oxygen atoms in total. The van der Waals surface area contributed by atoms with Gasteiger partial charge < -0.3 is 9.80 Å². The van der Waals surface area contributed by atoms with Crippen LogP contribution in [0, 0.1) is 5.92 Å². The third-order valence-corrected chi connectivity index (χ3v) is 5.71.